The highest BCUT2D eigenvalue weighted by Gasteiger charge is 2.16. The van der Waals surface area contributed by atoms with E-state index in [2.05, 4.69) is 209 Å². The van der Waals surface area contributed by atoms with Crippen LogP contribution in [-0.2, 0) is 0 Å². The van der Waals surface area contributed by atoms with Gasteiger partial charge in [-0.25, -0.2) is 4.98 Å². The van der Waals surface area contributed by atoms with Crippen LogP contribution in [0.5, 0.6) is 0 Å². The Hall–Kier alpha value is -6.97. The fourth-order valence-corrected chi connectivity index (χ4v) is 7.61. The van der Waals surface area contributed by atoms with Crippen LogP contribution in [0.2, 0.25) is 0 Å². The van der Waals surface area contributed by atoms with Gasteiger partial charge < -0.3 is 4.90 Å². The third-order valence-corrected chi connectivity index (χ3v) is 10.2. The predicted octanol–water partition coefficient (Wildman–Crippen LogP) is 13.3. The number of anilines is 3. The Morgan fingerprint density at radius 1 is 0.327 bits per heavy atom. The largest absolute Gasteiger partial charge is 0.311 e. The zero-order chi connectivity index (χ0) is 34.4. The lowest BCUT2D eigenvalue weighted by Gasteiger charge is -2.26. The van der Waals surface area contributed by atoms with E-state index in [1.165, 1.54) is 44.2 Å². The summed E-state index contributed by atoms with van der Waals surface area (Å²) in [5.74, 6) is 0. The van der Waals surface area contributed by atoms with E-state index in [1.54, 1.807) is 0 Å². The molecule has 0 amide bonds. The summed E-state index contributed by atoms with van der Waals surface area (Å²) in [5.41, 5.74) is 14.8. The van der Waals surface area contributed by atoms with Gasteiger partial charge in [0.15, 0.2) is 0 Å². The minimum absolute atomic E-state index is 0.995. The second-order valence-corrected chi connectivity index (χ2v) is 13.2. The molecule has 10 aromatic rings. The van der Waals surface area contributed by atoms with Crippen LogP contribution in [0.15, 0.2) is 200 Å². The van der Waals surface area contributed by atoms with Crippen molar-refractivity contribution in [1.29, 1.82) is 0 Å². The van der Waals surface area contributed by atoms with Crippen molar-refractivity contribution < 1.29 is 0 Å². The van der Waals surface area contributed by atoms with Gasteiger partial charge in [0.2, 0.25) is 0 Å². The van der Waals surface area contributed by atoms with Crippen LogP contribution in [0, 0.1) is 0 Å². The Kier molecular flexibility index (Phi) is 7.14. The van der Waals surface area contributed by atoms with Crippen molar-refractivity contribution in [3.8, 4) is 33.4 Å². The Morgan fingerprint density at radius 2 is 0.769 bits per heavy atom. The molecule has 3 heteroatoms. The number of pyridine rings is 1. The first kappa shape index (κ1) is 29.9. The summed E-state index contributed by atoms with van der Waals surface area (Å²) in [6, 6.07) is 71.6. The third kappa shape index (κ3) is 5.10. The molecule has 0 saturated carbocycles. The molecule has 0 radical (unpaired) electrons. The van der Waals surface area contributed by atoms with Gasteiger partial charge in [-0.2, -0.15) is 0 Å². The summed E-state index contributed by atoms with van der Waals surface area (Å²) in [6.45, 7) is 0. The Bertz CT molecular complexity index is 2770. The number of hydrogen-bond acceptors (Lipinski definition) is 2. The molecule has 0 atom stereocenters. The lowest BCUT2D eigenvalue weighted by atomic mass is 9.99. The number of nitrogens with zero attached hydrogens (tertiary/aromatic N) is 3. The molecule has 244 valence electrons. The first-order chi connectivity index (χ1) is 25.8. The maximum absolute atomic E-state index is 5.05. The maximum Gasteiger partial charge on any atom is 0.146 e. The fourth-order valence-electron chi connectivity index (χ4n) is 7.61. The van der Waals surface area contributed by atoms with Crippen molar-refractivity contribution >= 4 is 55.4 Å². The summed E-state index contributed by atoms with van der Waals surface area (Å²) >= 11 is 0. The Labute approximate surface area is 302 Å². The lowest BCUT2D eigenvalue weighted by molar-refractivity contribution is 1.28. The van der Waals surface area contributed by atoms with Gasteiger partial charge in [0.25, 0.3) is 0 Å². The minimum Gasteiger partial charge on any atom is -0.311 e. The number of rotatable bonds is 6. The third-order valence-electron chi connectivity index (χ3n) is 10.2. The lowest BCUT2D eigenvalue weighted by Crippen LogP contribution is -2.09. The van der Waals surface area contributed by atoms with Gasteiger partial charge in [-0.05, 0) is 99.4 Å². The highest BCUT2D eigenvalue weighted by Crippen LogP contribution is 2.39. The second kappa shape index (κ2) is 12.4. The molecule has 2 aromatic heterocycles. The maximum atomic E-state index is 5.05. The zero-order valence-electron chi connectivity index (χ0n) is 28.4. The number of aromatic nitrogens is 2. The highest BCUT2D eigenvalue weighted by atomic mass is 15.1. The fraction of sp³-hybridized carbons (Fsp3) is 0. The van der Waals surface area contributed by atoms with Crippen LogP contribution in [0.4, 0.5) is 17.1 Å². The molecule has 2 heterocycles. The normalized spacial score (nSPS) is 11.5. The van der Waals surface area contributed by atoms with Gasteiger partial charge in [0.05, 0.1) is 16.6 Å². The van der Waals surface area contributed by atoms with Crippen LogP contribution < -0.4 is 4.90 Å². The Balaban J connectivity index is 1.06. The van der Waals surface area contributed by atoms with E-state index in [1.807, 2.05) is 0 Å². The molecule has 0 N–H and O–H groups in total. The number of para-hydroxylation sites is 2. The first-order valence-electron chi connectivity index (χ1n) is 17.7. The monoisotopic (exact) mass is 663 g/mol. The molecule has 3 nitrogen and oxygen atoms in total. The number of imidazole rings is 1. The smallest absolute Gasteiger partial charge is 0.146 e. The van der Waals surface area contributed by atoms with Gasteiger partial charge in [0, 0.05) is 27.8 Å². The molecule has 0 saturated heterocycles. The molecule has 0 bridgehead atoms. The van der Waals surface area contributed by atoms with Crippen molar-refractivity contribution in [3.05, 3.63) is 200 Å². The highest BCUT2D eigenvalue weighted by molar-refractivity contribution is 6.14. The second-order valence-electron chi connectivity index (χ2n) is 13.2. The van der Waals surface area contributed by atoms with E-state index < -0.39 is 0 Å². The van der Waals surface area contributed by atoms with Gasteiger partial charge in [0.1, 0.15) is 5.65 Å². The van der Waals surface area contributed by atoms with Gasteiger partial charge in [-0.15, -0.1) is 0 Å². The molecule has 0 unspecified atom stereocenters. The molecule has 8 aromatic carbocycles. The summed E-state index contributed by atoms with van der Waals surface area (Å²) in [5, 5.41) is 3.58. The molecule has 0 aliphatic rings. The average molecular weight is 664 g/mol. The predicted molar refractivity (Wildman–Crippen MR) is 219 cm³/mol. The van der Waals surface area contributed by atoms with Gasteiger partial charge in [-0.1, -0.05) is 140 Å². The summed E-state index contributed by atoms with van der Waals surface area (Å²) in [7, 11) is 0. The van der Waals surface area contributed by atoms with Crippen molar-refractivity contribution in [2.24, 2.45) is 0 Å². The topological polar surface area (TPSA) is 20.5 Å². The molecule has 10 rings (SSSR count). The van der Waals surface area contributed by atoms with Crippen LogP contribution in [-0.4, -0.2) is 9.38 Å². The van der Waals surface area contributed by atoms with Crippen LogP contribution in [0.3, 0.4) is 0 Å². The quantitative estimate of drug-likeness (QED) is 0.165. The summed E-state index contributed by atoms with van der Waals surface area (Å²) in [4.78, 5) is 7.38. The molecule has 52 heavy (non-hydrogen) atoms. The first-order valence-corrected chi connectivity index (χ1v) is 17.7. The SMILES string of the molecule is c1ccc(-c2ccc(N(c3ccc(-c4ccccc4)cc3)c3ccc(-c4ccc5c(c4)c4ccccc4c4nc6ccccc6n54)cc3)cc2)cc1. The van der Waals surface area contributed by atoms with Crippen molar-refractivity contribution in [2.75, 3.05) is 4.90 Å². The molecule has 0 aliphatic carbocycles. The van der Waals surface area contributed by atoms with E-state index in [9.17, 15) is 0 Å². The standard InChI is InChI=1S/C49H33N3/c1-3-11-34(12-4-1)36-19-26-40(27-20-36)51(41-28-21-37(22-29-41)35-13-5-2-6-14-35)42-30-23-38(24-31-42)39-25-32-47-45(33-39)43-15-7-8-16-44(43)49-50-46-17-9-10-18-48(46)52(47)49/h1-33H. The molecular weight excluding hydrogens is 631 g/mol. The van der Waals surface area contributed by atoms with E-state index >= 15 is 0 Å². The van der Waals surface area contributed by atoms with Crippen molar-refractivity contribution in [1.82, 2.24) is 9.38 Å². The van der Waals surface area contributed by atoms with Crippen LogP contribution in [0.25, 0.3) is 71.7 Å². The number of fused-ring (bicyclic) bond motifs is 8. The van der Waals surface area contributed by atoms with E-state index in [0.29, 0.717) is 0 Å². The summed E-state index contributed by atoms with van der Waals surface area (Å²) in [6.07, 6.45) is 0. The number of benzene rings is 8. The van der Waals surface area contributed by atoms with Crippen LogP contribution >= 0.6 is 0 Å². The van der Waals surface area contributed by atoms with E-state index in [4.69, 9.17) is 4.98 Å². The zero-order valence-corrected chi connectivity index (χ0v) is 28.4. The van der Waals surface area contributed by atoms with Crippen LogP contribution in [0.1, 0.15) is 0 Å². The molecule has 0 fully saturated rings. The molecule has 0 spiro atoms. The van der Waals surface area contributed by atoms with Gasteiger partial charge >= 0.3 is 0 Å². The Morgan fingerprint density at radius 3 is 1.35 bits per heavy atom. The van der Waals surface area contributed by atoms with Gasteiger partial charge in [-0.3, -0.25) is 4.40 Å². The molecule has 0 aliphatic heterocycles. The minimum atomic E-state index is 0.995. The average Bonchev–Trinajstić information content (AvgIpc) is 3.63. The van der Waals surface area contributed by atoms with E-state index in [-0.39, 0.29) is 0 Å². The molecular formula is C49H33N3. The summed E-state index contributed by atoms with van der Waals surface area (Å²) < 4.78 is 2.31. The van der Waals surface area contributed by atoms with E-state index in [0.717, 1.165) is 44.6 Å². The van der Waals surface area contributed by atoms with Crippen molar-refractivity contribution in [2.45, 2.75) is 0 Å². The number of hydrogen-bond donors (Lipinski definition) is 0. The van der Waals surface area contributed by atoms with Crippen molar-refractivity contribution in [3.63, 3.8) is 0 Å².